The van der Waals surface area contributed by atoms with Crippen molar-refractivity contribution in [1.29, 1.82) is 5.26 Å². The Morgan fingerprint density at radius 1 is 1.67 bits per heavy atom. The molecule has 0 N–H and O–H groups in total. The van der Waals surface area contributed by atoms with Gasteiger partial charge < -0.3 is 4.74 Å². The Morgan fingerprint density at radius 2 is 2.44 bits per heavy atom. The zero-order chi connectivity index (χ0) is 6.95. The van der Waals surface area contributed by atoms with Crippen LogP contribution < -0.4 is 0 Å². The lowest BCUT2D eigenvalue weighted by Crippen LogP contribution is -1.94. The molecule has 9 heavy (non-hydrogen) atoms. The van der Waals surface area contributed by atoms with Crippen molar-refractivity contribution in [3.63, 3.8) is 0 Å². The fourth-order valence-corrected chi connectivity index (χ4v) is 0.808. The maximum absolute atomic E-state index is 8.05. The van der Waals surface area contributed by atoms with E-state index >= 15 is 0 Å². The Bertz CT molecular complexity index is 91.4. The molecule has 2 nitrogen and oxygen atoms in total. The highest BCUT2D eigenvalue weighted by Gasteiger charge is 1.84. The molecule has 0 rings (SSSR count). The topological polar surface area (TPSA) is 33.0 Å². The van der Waals surface area contributed by atoms with Gasteiger partial charge in [0.05, 0.1) is 6.61 Å². The molecule has 0 atom stereocenters. The first kappa shape index (κ1) is 9.15. The van der Waals surface area contributed by atoms with E-state index in [1.807, 2.05) is 11.7 Å². The minimum atomic E-state index is 0.497. The summed E-state index contributed by atoms with van der Waals surface area (Å²) in [4.78, 5) is 0. The molecule has 0 aromatic heterocycles. The largest absolute Gasteiger partial charge is 0.369 e. The fraction of sp³-hybridized carbons (Fsp3) is 0.800. The Morgan fingerprint density at radius 3 is 3.00 bits per heavy atom. The highest BCUT2D eigenvalue weighted by molar-refractivity contribution is 8.03. The Hall–Kier alpha value is 0.150. The number of thiocyanates is 1. The third-order valence-electron chi connectivity index (χ3n) is 0.639. The van der Waals surface area contributed by atoms with E-state index in [1.165, 1.54) is 0 Å². The Labute approximate surface area is 64.0 Å². The van der Waals surface area contributed by atoms with Crippen molar-refractivity contribution in [3.05, 3.63) is 0 Å². The van der Waals surface area contributed by atoms with Crippen LogP contribution >= 0.6 is 23.5 Å². The average molecular weight is 163 g/mol. The van der Waals surface area contributed by atoms with Crippen LogP contribution in [0, 0.1) is 10.7 Å². The van der Waals surface area contributed by atoms with Gasteiger partial charge in [0.2, 0.25) is 0 Å². The van der Waals surface area contributed by atoms with Gasteiger partial charge in [0.1, 0.15) is 11.3 Å². The summed E-state index contributed by atoms with van der Waals surface area (Å²) in [6.45, 7) is 0.746. The Kier molecular flexibility index (Phi) is 8.29. The summed E-state index contributed by atoms with van der Waals surface area (Å²) in [5.74, 6) is 1.50. The summed E-state index contributed by atoms with van der Waals surface area (Å²) < 4.78 is 5.03. The van der Waals surface area contributed by atoms with Crippen LogP contribution in [0.5, 0.6) is 0 Å². The van der Waals surface area contributed by atoms with E-state index in [-0.39, 0.29) is 0 Å². The van der Waals surface area contributed by atoms with E-state index < -0.39 is 0 Å². The normalized spacial score (nSPS) is 8.89. The summed E-state index contributed by atoms with van der Waals surface area (Å²) in [7, 11) is 0. The lowest BCUT2D eigenvalue weighted by Gasteiger charge is -1.96. The van der Waals surface area contributed by atoms with E-state index in [2.05, 4.69) is 0 Å². The van der Waals surface area contributed by atoms with Gasteiger partial charge in [0.15, 0.2) is 0 Å². The van der Waals surface area contributed by atoms with Crippen molar-refractivity contribution in [2.45, 2.75) is 0 Å². The molecule has 0 heterocycles. The molecule has 0 aliphatic rings. The third-order valence-corrected chi connectivity index (χ3v) is 1.63. The molecular formula is C5H9NOS2. The van der Waals surface area contributed by atoms with Crippen molar-refractivity contribution in [3.8, 4) is 5.40 Å². The van der Waals surface area contributed by atoms with Crippen LogP contribution in [-0.4, -0.2) is 24.6 Å². The molecule has 0 spiro atoms. The molecule has 0 aromatic rings. The van der Waals surface area contributed by atoms with Gasteiger partial charge in [-0.05, 0) is 18.0 Å². The van der Waals surface area contributed by atoms with Crippen molar-refractivity contribution >= 4 is 23.5 Å². The van der Waals surface area contributed by atoms with Crippen LogP contribution in [0.2, 0.25) is 0 Å². The molecule has 0 aromatic carbocycles. The second-order valence-corrected chi connectivity index (χ2v) is 2.95. The molecule has 52 valence electrons. The number of nitriles is 1. The molecule has 0 saturated heterocycles. The maximum atomic E-state index is 8.05. The van der Waals surface area contributed by atoms with Crippen LogP contribution in [0.25, 0.3) is 0 Å². The maximum Gasteiger partial charge on any atom is 0.135 e. The molecular weight excluding hydrogens is 154 g/mol. The van der Waals surface area contributed by atoms with Gasteiger partial charge in [0, 0.05) is 5.75 Å². The number of hydrogen-bond donors (Lipinski definition) is 0. The number of nitrogens with zero attached hydrogens (tertiary/aromatic N) is 1. The first-order chi connectivity index (χ1) is 4.41. The second kappa shape index (κ2) is 8.15. The summed E-state index contributed by atoms with van der Waals surface area (Å²) >= 11 is 2.88. The van der Waals surface area contributed by atoms with E-state index in [9.17, 15) is 0 Å². The average Bonchev–Trinajstić information content (AvgIpc) is 1.89. The zero-order valence-corrected chi connectivity index (χ0v) is 6.93. The highest BCUT2D eigenvalue weighted by Crippen LogP contribution is 1.97. The predicted octanol–water partition coefficient (Wildman–Crippen LogP) is 1.54. The van der Waals surface area contributed by atoms with Gasteiger partial charge in [-0.25, -0.2) is 0 Å². The SMILES string of the molecule is CSCCOCSC#N. The van der Waals surface area contributed by atoms with Gasteiger partial charge >= 0.3 is 0 Å². The van der Waals surface area contributed by atoms with E-state index in [0.29, 0.717) is 5.94 Å². The minimum Gasteiger partial charge on any atom is -0.369 e. The lowest BCUT2D eigenvalue weighted by molar-refractivity contribution is 0.202. The smallest absolute Gasteiger partial charge is 0.135 e. The summed E-state index contributed by atoms with van der Waals surface area (Å²) in [6.07, 6.45) is 2.03. The number of rotatable bonds is 5. The van der Waals surface area contributed by atoms with Gasteiger partial charge in [0.25, 0.3) is 0 Å². The van der Waals surface area contributed by atoms with Crippen LogP contribution in [0.15, 0.2) is 0 Å². The quantitative estimate of drug-likeness (QED) is 0.349. The molecule has 4 heteroatoms. The second-order valence-electron chi connectivity index (χ2n) is 1.25. The number of thioether (sulfide) groups is 2. The number of ether oxygens (including phenoxy) is 1. The van der Waals surface area contributed by atoms with Gasteiger partial charge in [-0.15, -0.1) is 0 Å². The molecule has 0 aliphatic heterocycles. The minimum absolute atomic E-state index is 0.497. The molecule has 0 saturated carbocycles. The van der Waals surface area contributed by atoms with Crippen LogP contribution in [0.1, 0.15) is 0 Å². The molecule has 0 amide bonds. The zero-order valence-electron chi connectivity index (χ0n) is 5.29. The monoisotopic (exact) mass is 163 g/mol. The first-order valence-electron chi connectivity index (χ1n) is 2.49. The summed E-state index contributed by atoms with van der Waals surface area (Å²) in [5, 5.41) is 9.98. The highest BCUT2D eigenvalue weighted by atomic mass is 32.2. The van der Waals surface area contributed by atoms with Crippen LogP contribution in [0.4, 0.5) is 0 Å². The van der Waals surface area contributed by atoms with Gasteiger partial charge in [-0.3, -0.25) is 0 Å². The van der Waals surface area contributed by atoms with Gasteiger partial charge in [-0.2, -0.15) is 17.0 Å². The third kappa shape index (κ3) is 8.15. The molecule has 0 radical (unpaired) electrons. The predicted molar refractivity (Wildman–Crippen MR) is 42.4 cm³/mol. The van der Waals surface area contributed by atoms with Crippen molar-refractivity contribution in [2.75, 3.05) is 24.6 Å². The number of hydrogen-bond acceptors (Lipinski definition) is 4. The molecule has 0 fully saturated rings. The van der Waals surface area contributed by atoms with E-state index in [1.54, 1.807) is 11.8 Å². The van der Waals surface area contributed by atoms with Crippen molar-refractivity contribution in [1.82, 2.24) is 0 Å². The van der Waals surface area contributed by atoms with Crippen molar-refractivity contribution in [2.24, 2.45) is 0 Å². The van der Waals surface area contributed by atoms with Crippen LogP contribution in [0.3, 0.4) is 0 Å². The summed E-state index contributed by atoms with van der Waals surface area (Å²) in [5.41, 5.74) is 0. The summed E-state index contributed by atoms with van der Waals surface area (Å²) in [6, 6.07) is 0. The standard InChI is InChI=1S/C5H9NOS2/c1-8-3-2-7-5-9-4-6/h2-3,5H2,1H3. The Balaban J connectivity index is 2.69. The van der Waals surface area contributed by atoms with Gasteiger partial charge in [-0.1, -0.05) is 0 Å². The fourth-order valence-electron chi connectivity index (χ4n) is 0.269. The van der Waals surface area contributed by atoms with Crippen LogP contribution in [-0.2, 0) is 4.74 Å². The first-order valence-corrected chi connectivity index (χ1v) is 4.87. The molecule has 0 bridgehead atoms. The van der Waals surface area contributed by atoms with E-state index in [4.69, 9.17) is 10.00 Å². The molecule has 0 aliphatic carbocycles. The molecule has 0 unspecified atom stereocenters. The lowest BCUT2D eigenvalue weighted by atomic mass is 10.9. The van der Waals surface area contributed by atoms with E-state index in [0.717, 1.165) is 24.1 Å². The van der Waals surface area contributed by atoms with Crippen molar-refractivity contribution < 1.29 is 4.74 Å².